The molecule has 2 aromatic rings. The van der Waals surface area contributed by atoms with E-state index in [0.717, 1.165) is 10.4 Å². The fraction of sp³-hybridized carbons (Fsp3) is 0. The second-order valence-corrected chi connectivity index (χ2v) is 5.36. The van der Waals surface area contributed by atoms with Gasteiger partial charge >= 0.3 is 59.1 Å². The Hall–Kier alpha value is 0.617. The van der Waals surface area contributed by atoms with E-state index in [-0.39, 0.29) is 62.0 Å². The normalized spacial score (nSPS) is 9.12. The predicted molar refractivity (Wildman–Crippen MR) is 63.7 cm³/mol. The molecule has 0 saturated carbocycles. The quantitative estimate of drug-likeness (QED) is 0.527. The molecule has 16 heavy (non-hydrogen) atoms. The van der Waals surface area contributed by atoms with Crippen LogP contribution in [0.1, 0.15) is 2.85 Å². The molecule has 0 aliphatic rings. The van der Waals surface area contributed by atoms with Crippen molar-refractivity contribution in [1.29, 1.82) is 0 Å². The van der Waals surface area contributed by atoms with Gasteiger partial charge in [-0.3, -0.25) is 0 Å². The Morgan fingerprint density at radius 1 is 0.688 bits per heavy atom. The maximum atomic E-state index is 10.1. The third-order valence-corrected chi connectivity index (χ3v) is 4.26. The minimum Gasteiger partial charge on any atom is -1.00 e. The molecule has 0 aromatic heterocycles. The standard InChI is InChI=1S/C12H12OSi.2Na.2H/c13-14(11-7-3-1-4-8-11)12-9-5-2-6-10-12;;;;/h1-10,13-14H;;;;/q;2*+1;2*-1. The Morgan fingerprint density at radius 3 is 1.31 bits per heavy atom. The van der Waals surface area contributed by atoms with Crippen molar-refractivity contribution in [3.63, 3.8) is 0 Å². The summed E-state index contributed by atoms with van der Waals surface area (Å²) in [5, 5.41) is 2.14. The summed E-state index contributed by atoms with van der Waals surface area (Å²) in [7, 11) is -1.92. The van der Waals surface area contributed by atoms with Crippen molar-refractivity contribution >= 4 is 19.4 Å². The Bertz CT molecular complexity index is 364. The van der Waals surface area contributed by atoms with Crippen LogP contribution in [0.2, 0.25) is 0 Å². The van der Waals surface area contributed by atoms with Gasteiger partial charge in [-0.25, -0.2) is 0 Å². The van der Waals surface area contributed by atoms with Crippen molar-refractivity contribution < 1.29 is 66.8 Å². The Kier molecular flexibility index (Phi) is 9.00. The van der Waals surface area contributed by atoms with Crippen LogP contribution in [-0.4, -0.2) is 13.8 Å². The zero-order chi connectivity index (χ0) is 9.80. The SMILES string of the molecule is O[SiH](c1ccccc1)c1ccccc1.[H-].[H-].[Na+].[Na+]. The molecule has 0 amide bonds. The summed E-state index contributed by atoms with van der Waals surface area (Å²) in [6.07, 6.45) is 0. The molecule has 0 aliphatic heterocycles. The van der Waals surface area contributed by atoms with Crippen molar-refractivity contribution in [2.45, 2.75) is 0 Å². The fourth-order valence-corrected chi connectivity index (χ4v) is 3.02. The van der Waals surface area contributed by atoms with E-state index in [9.17, 15) is 4.80 Å². The molecule has 0 spiro atoms. The summed E-state index contributed by atoms with van der Waals surface area (Å²) in [6.45, 7) is 0. The zero-order valence-electron chi connectivity index (χ0n) is 11.8. The molecule has 0 heterocycles. The van der Waals surface area contributed by atoms with Gasteiger partial charge in [0.2, 0.25) is 9.04 Å². The first-order chi connectivity index (χ1) is 6.88. The summed E-state index contributed by atoms with van der Waals surface area (Å²) in [4.78, 5) is 10.1. The van der Waals surface area contributed by atoms with Crippen molar-refractivity contribution in [3.8, 4) is 0 Å². The van der Waals surface area contributed by atoms with E-state index in [2.05, 4.69) is 0 Å². The fourth-order valence-electron chi connectivity index (χ4n) is 1.46. The maximum Gasteiger partial charge on any atom is 1.00 e. The van der Waals surface area contributed by atoms with Gasteiger partial charge in [0.05, 0.1) is 0 Å². The molecule has 4 heteroatoms. The van der Waals surface area contributed by atoms with E-state index in [0.29, 0.717) is 0 Å². The molecule has 1 nitrogen and oxygen atoms in total. The third kappa shape index (κ3) is 4.47. The van der Waals surface area contributed by atoms with Gasteiger partial charge in [0.25, 0.3) is 0 Å². The first-order valence-corrected chi connectivity index (χ1v) is 6.33. The second-order valence-electron chi connectivity index (χ2n) is 3.22. The van der Waals surface area contributed by atoms with Crippen LogP contribution in [0.25, 0.3) is 0 Å². The molecule has 2 rings (SSSR count). The van der Waals surface area contributed by atoms with E-state index >= 15 is 0 Å². The zero-order valence-corrected chi connectivity index (χ0v) is 15.0. The van der Waals surface area contributed by atoms with Crippen molar-refractivity contribution in [1.82, 2.24) is 0 Å². The van der Waals surface area contributed by atoms with Crippen LogP contribution < -0.4 is 69.5 Å². The first-order valence-electron chi connectivity index (χ1n) is 4.66. The Balaban J connectivity index is -0.000000562. The van der Waals surface area contributed by atoms with Crippen LogP contribution in [-0.2, 0) is 0 Å². The van der Waals surface area contributed by atoms with Crippen LogP contribution in [0.4, 0.5) is 0 Å². The van der Waals surface area contributed by atoms with Gasteiger partial charge in [-0.2, -0.15) is 0 Å². The van der Waals surface area contributed by atoms with Gasteiger partial charge in [0.1, 0.15) is 0 Å². The molecule has 0 saturated heterocycles. The van der Waals surface area contributed by atoms with Crippen LogP contribution >= 0.6 is 0 Å². The number of benzene rings is 2. The maximum absolute atomic E-state index is 10.1. The van der Waals surface area contributed by atoms with E-state index in [1.807, 2.05) is 60.7 Å². The minimum atomic E-state index is -1.92. The molecule has 0 atom stereocenters. The largest absolute Gasteiger partial charge is 1.00 e. The molecule has 0 aliphatic carbocycles. The van der Waals surface area contributed by atoms with Gasteiger partial charge in [0.15, 0.2) is 0 Å². The van der Waals surface area contributed by atoms with E-state index < -0.39 is 9.04 Å². The molecule has 0 fully saturated rings. The average molecular weight is 248 g/mol. The summed E-state index contributed by atoms with van der Waals surface area (Å²) < 4.78 is 0. The second kappa shape index (κ2) is 8.67. The molecule has 0 bridgehead atoms. The molecule has 2 aromatic carbocycles. The summed E-state index contributed by atoms with van der Waals surface area (Å²) in [5.74, 6) is 0. The third-order valence-electron chi connectivity index (χ3n) is 2.23. The van der Waals surface area contributed by atoms with Crippen molar-refractivity contribution in [2.24, 2.45) is 0 Å². The summed E-state index contributed by atoms with van der Waals surface area (Å²) in [5.41, 5.74) is 0. The van der Waals surface area contributed by atoms with Gasteiger partial charge < -0.3 is 7.65 Å². The van der Waals surface area contributed by atoms with Gasteiger partial charge in [-0.1, -0.05) is 60.7 Å². The molecule has 1 N–H and O–H groups in total. The molecular weight excluding hydrogens is 234 g/mol. The molecular formula is C12H14Na2OSi. The van der Waals surface area contributed by atoms with Crippen LogP contribution in [0, 0.1) is 0 Å². The Labute approximate surface area is 145 Å². The van der Waals surface area contributed by atoms with Crippen molar-refractivity contribution in [3.05, 3.63) is 60.7 Å². The van der Waals surface area contributed by atoms with E-state index in [4.69, 9.17) is 0 Å². The summed E-state index contributed by atoms with van der Waals surface area (Å²) in [6, 6.07) is 19.8. The molecule has 74 valence electrons. The monoisotopic (exact) mass is 248 g/mol. The minimum absolute atomic E-state index is 0. The van der Waals surface area contributed by atoms with Crippen LogP contribution in [0.15, 0.2) is 60.7 Å². The van der Waals surface area contributed by atoms with Crippen molar-refractivity contribution in [2.75, 3.05) is 0 Å². The van der Waals surface area contributed by atoms with Crippen LogP contribution in [0.3, 0.4) is 0 Å². The van der Waals surface area contributed by atoms with Gasteiger partial charge in [0, 0.05) is 0 Å². The van der Waals surface area contributed by atoms with Gasteiger partial charge in [-0.05, 0) is 10.4 Å². The number of hydrogen-bond donors (Lipinski definition) is 1. The van der Waals surface area contributed by atoms with Gasteiger partial charge in [-0.15, -0.1) is 0 Å². The molecule has 0 unspecified atom stereocenters. The summed E-state index contributed by atoms with van der Waals surface area (Å²) >= 11 is 0. The number of hydrogen-bond acceptors (Lipinski definition) is 1. The van der Waals surface area contributed by atoms with E-state index in [1.165, 1.54) is 0 Å². The number of rotatable bonds is 2. The first kappa shape index (κ1) is 16.6. The van der Waals surface area contributed by atoms with Crippen LogP contribution in [0.5, 0.6) is 0 Å². The average Bonchev–Trinajstić information content (AvgIpc) is 2.30. The topological polar surface area (TPSA) is 20.2 Å². The Morgan fingerprint density at radius 2 is 1.00 bits per heavy atom. The molecule has 0 radical (unpaired) electrons. The van der Waals surface area contributed by atoms with E-state index in [1.54, 1.807) is 0 Å². The smallest absolute Gasteiger partial charge is 1.00 e. The predicted octanol–water partition coefficient (Wildman–Crippen LogP) is -5.25.